The van der Waals surface area contributed by atoms with Gasteiger partial charge in [-0.1, -0.05) is 11.6 Å². The lowest BCUT2D eigenvalue weighted by molar-refractivity contribution is -0.958. The summed E-state index contributed by atoms with van der Waals surface area (Å²) in [5.41, 5.74) is 4.91. The van der Waals surface area contributed by atoms with E-state index in [9.17, 15) is 10.2 Å². The molecular weight excluding hydrogens is 610 g/mol. The minimum Gasteiger partial charge on any atom is -0.490 e. The molecule has 3 aromatic carbocycles. The summed E-state index contributed by atoms with van der Waals surface area (Å²) in [5, 5.41) is 23.1. The number of hydrogen-bond acceptors (Lipinski definition) is 4. The van der Waals surface area contributed by atoms with Crippen LogP contribution in [0.25, 0.3) is 10.9 Å². The molecule has 7 nitrogen and oxygen atoms in total. The molecule has 4 bridgehead atoms. The zero-order chi connectivity index (χ0) is 32.0. The van der Waals surface area contributed by atoms with Crippen LogP contribution in [0.4, 0.5) is 5.69 Å². The van der Waals surface area contributed by atoms with Gasteiger partial charge in [0.2, 0.25) is 5.52 Å². The van der Waals surface area contributed by atoms with Crippen molar-refractivity contribution in [2.75, 3.05) is 52.5 Å². The van der Waals surface area contributed by atoms with E-state index in [2.05, 4.69) is 65.4 Å². The lowest BCUT2D eigenvalue weighted by Gasteiger charge is -2.51. The van der Waals surface area contributed by atoms with Gasteiger partial charge in [0.25, 0.3) is 0 Å². The molecule has 0 spiro atoms. The number of aromatic nitrogens is 1. The smallest absolute Gasteiger partial charge is 0.220 e. The van der Waals surface area contributed by atoms with Crippen molar-refractivity contribution < 1.29 is 28.7 Å². The van der Waals surface area contributed by atoms with Gasteiger partial charge >= 0.3 is 0 Å². The predicted octanol–water partition coefficient (Wildman–Crippen LogP) is 5.48. The van der Waals surface area contributed by atoms with Gasteiger partial charge in [0.1, 0.15) is 61.9 Å². The average molecular weight is 657 g/mol. The van der Waals surface area contributed by atoms with Crippen molar-refractivity contribution in [3.63, 3.8) is 0 Å². The minimum atomic E-state index is -0.215. The largest absolute Gasteiger partial charge is 0.490 e. The van der Waals surface area contributed by atoms with Crippen molar-refractivity contribution in [3.8, 4) is 11.5 Å². The first kappa shape index (κ1) is 31.1. The first-order valence-corrected chi connectivity index (χ1v) is 17.9. The number of nitrogens with zero attached hydrogens (tertiary/aromatic N) is 3. The van der Waals surface area contributed by atoms with E-state index in [1.54, 1.807) is 0 Å². The van der Waals surface area contributed by atoms with Gasteiger partial charge in [-0.05, 0) is 60.7 Å². The third-order valence-electron chi connectivity index (χ3n) is 11.8. The van der Waals surface area contributed by atoms with E-state index >= 15 is 0 Å². The number of ether oxygens (including phenoxy) is 2. The van der Waals surface area contributed by atoms with E-state index < -0.39 is 0 Å². The van der Waals surface area contributed by atoms with Crippen LogP contribution in [0.1, 0.15) is 36.8 Å². The van der Waals surface area contributed by atoms with Crippen LogP contribution in [0.2, 0.25) is 5.02 Å². The van der Waals surface area contributed by atoms with E-state index in [0.717, 1.165) is 96.0 Å². The maximum absolute atomic E-state index is 10.7. The summed E-state index contributed by atoms with van der Waals surface area (Å²) in [6.07, 6.45) is 6.32. The standard InChI is InChI=1S/C39H47ClN3O4/c40-32-5-10-35-36(23-32)41(16-11-37(35)43-19-14-31(15-20-43)39(45)27-43)24-28-1-6-33(7-2-28)46-21-22-47-34-8-3-29(4-9-34)25-42-17-12-30(13-18-42)38(44)26-42/h1-11,16,23,30-31,38-39,44-45H,12-15,17-22,24-27H2/q+3. The Morgan fingerprint density at radius 1 is 0.702 bits per heavy atom. The number of hydrogen-bond donors (Lipinski definition) is 2. The van der Waals surface area contributed by atoms with E-state index in [1.807, 2.05) is 18.2 Å². The van der Waals surface area contributed by atoms with Gasteiger partial charge in [-0.2, -0.15) is 4.57 Å². The molecule has 0 radical (unpaired) electrons. The Hall–Kier alpha value is -3.20. The highest BCUT2D eigenvalue weighted by molar-refractivity contribution is 6.31. The number of piperidine rings is 6. The normalized spacial score (nSPS) is 29.7. The molecule has 10 rings (SSSR count). The summed E-state index contributed by atoms with van der Waals surface area (Å²) in [5.74, 6) is 2.66. The highest BCUT2D eigenvalue weighted by Gasteiger charge is 2.48. The van der Waals surface area contributed by atoms with Crippen LogP contribution in [0.3, 0.4) is 0 Å². The summed E-state index contributed by atoms with van der Waals surface area (Å²) in [4.78, 5) is 0. The number of benzene rings is 3. The third kappa shape index (κ3) is 6.25. The molecule has 8 heteroatoms. The molecule has 246 valence electrons. The zero-order valence-electron chi connectivity index (χ0n) is 27.1. The van der Waals surface area contributed by atoms with Crippen LogP contribution in [-0.2, 0) is 13.1 Å². The second-order valence-electron chi connectivity index (χ2n) is 14.7. The van der Waals surface area contributed by atoms with Crippen LogP contribution >= 0.6 is 11.6 Å². The van der Waals surface area contributed by atoms with Crippen molar-refractivity contribution >= 4 is 28.2 Å². The fraction of sp³-hybridized carbons (Fsp3) is 0.462. The maximum Gasteiger partial charge on any atom is 0.220 e. The molecule has 47 heavy (non-hydrogen) atoms. The fourth-order valence-corrected chi connectivity index (χ4v) is 9.26. The molecule has 2 N–H and O–H groups in total. The van der Waals surface area contributed by atoms with E-state index in [1.165, 1.54) is 35.3 Å². The van der Waals surface area contributed by atoms with Crippen LogP contribution in [0.5, 0.6) is 11.5 Å². The third-order valence-corrected chi connectivity index (χ3v) is 12.0. The molecule has 6 aliphatic rings. The Balaban J connectivity index is 0.863. The molecule has 2 atom stereocenters. The van der Waals surface area contributed by atoms with Crippen LogP contribution in [0, 0.1) is 11.8 Å². The number of aliphatic hydroxyl groups is 2. The minimum absolute atomic E-state index is 0.134. The number of quaternary nitrogens is 2. The van der Waals surface area contributed by atoms with Crippen molar-refractivity contribution in [3.05, 3.63) is 95.1 Å². The van der Waals surface area contributed by atoms with E-state index in [-0.39, 0.29) is 12.2 Å². The van der Waals surface area contributed by atoms with Crippen LogP contribution < -0.4 is 18.5 Å². The summed E-state index contributed by atoms with van der Waals surface area (Å²) in [6, 6.07) is 25.2. The number of halogens is 1. The second kappa shape index (κ2) is 12.7. The average Bonchev–Trinajstić information content (AvgIpc) is 3.09. The van der Waals surface area contributed by atoms with Gasteiger partial charge in [-0.3, -0.25) is 4.48 Å². The van der Waals surface area contributed by atoms with Crippen molar-refractivity contribution in [2.24, 2.45) is 11.8 Å². The quantitative estimate of drug-likeness (QED) is 0.135. The first-order valence-electron chi connectivity index (χ1n) is 17.5. The van der Waals surface area contributed by atoms with Gasteiger partial charge in [0.05, 0.1) is 32.2 Å². The number of fused-ring (bicyclic) bond motifs is 7. The van der Waals surface area contributed by atoms with Gasteiger partial charge in [-0.25, -0.2) is 0 Å². The monoisotopic (exact) mass is 656 g/mol. The molecule has 0 saturated carbocycles. The molecule has 0 amide bonds. The SMILES string of the molecule is OC1C[N+]2(Cc3ccc(OCCOc4ccc(C[n+]5ccc([N+]67CCC(CC6)C(O)C7)c6ccc(Cl)cc65)cc4)cc3)CCC1CC2. The van der Waals surface area contributed by atoms with Gasteiger partial charge < -0.3 is 24.2 Å². The maximum atomic E-state index is 10.7. The predicted molar refractivity (Wildman–Crippen MR) is 185 cm³/mol. The van der Waals surface area contributed by atoms with Crippen LogP contribution in [0.15, 0.2) is 79.0 Å². The van der Waals surface area contributed by atoms with Gasteiger partial charge in [0, 0.05) is 59.7 Å². The topological polar surface area (TPSA) is 62.8 Å². The molecular formula is C39H47ClN3O4+3. The zero-order valence-corrected chi connectivity index (χ0v) is 27.9. The molecule has 2 unspecified atom stereocenters. The Morgan fingerprint density at radius 3 is 1.91 bits per heavy atom. The molecule has 6 aliphatic heterocycles. The van der Waals surface area contributed by atoms with E-state index in [4.69, 9.17) is 21.1 Å². The van der Waals surface area contributed by atoms with Crippen LogP contribution in [-0.4, -0.2) is 79.4 Å². The molecule has 1 aromatic heterocycles. The molecule has 4 aromatic rings. The fourth-order valence-electron chi connectivity index (χ4n) is 9.09. The molecule has 6 fully saturated rings. The first-order chi connectivity index (χ1) is 22.9. The Morgan fingerprint density at radius 2 is 1.30 bits per heavy atom. The van der Waals surface area contributed by atoms with Crippen molar-refractivity contribution in [1.29, 1.82) is 0 Å². The van der Waals surface area contributed by atoms with Crippen molar-refractivity contribution in [2.45, 2.75) is 51.0 Å². The second-order valence-corrected chi connectivity index (χ2v) is 15.1. The summed E-state index contributed by atoms with van der Waals surface area (Å²) in [7, 11) is 0. The number of aliphatic hydroxyl groups excluding tert-OH is 2. The van der Waals surface area contributed by atoms with Crippen molar-refractivity contribution in [1.82, 2.24) is 4.48 Å². The number of pyridine rings is 1. The number of rotatable bonds is 10. The lowest BCUT2D eigenvalue weighted by atomic mass is 9.82. The molecule has 6 saturated heterocycles. The van der Waals surface area contributed by atoms with Gasteiger partial charge in [-0.15, -0.1) is 0 Å². The highest BCUT2D eigenvalue weighted by atomic mass is 35.5. The summed E-state index contributed by atoms with van der Waals surface area (Å²) >= 11 is 6.52. The van der Waals surface area contributed by atoms with E-state index in [0.29, 0.717) is 25.0 Å². The van der Waals surface area contributed by atoms with Gasteiger partial charge in [0.15, 0.2) is 18.4 Å². The Kier molecular flexibility index (Phi) is 8.39. The summed E-state index contributed by atoms with van der Waals surface area (Å²) in [6.45, 7) is 8.90. The molecule has 7 heterocycles. The summed E-state index contributed by atoms with van der Waals surface area (Å²) < 4.78 is 16.1. The lowest BCUT2D eigenvalue weighted by Crippen LogP contribution is -2.65. The Bertz CT molecular complexity index is 1710. The Labute approximate surface area is 282 Å². The molecule has 0 aliphatic carbocycles. The highest BCUT2D eigenvalue weighted by Crippen LogP contribution is 2.41.